The summed E-state index contributed by atoms with van der Waals surface area (Å²) in [7, 11) is 2.99. The van der Waals surface area contributed by atoms with E-state index in [2.05, 4.69) is 32.9 Å². The molecule has 34 heavy (non-hydrogen) atoms. The highest BCUT2D eigenvalue weighted by Gasteiger charge is 2.17. The molecule has 0 N–H and O–H groups in total. The van der Waals surface area contributed by atoms with Crippen molar-refractivity contribution in [1.29, 1.82) is 0 Å². The maximum atomic E-state index is 12.5. The summed E-state index contributed by atoms with van der Waals surface area (Å²) < 4.78 is 21.4. The molecule has 0 heterocycles. The second kappa shape index (κ2) is 10.9. The number of ether oxygens (including phenoxy) is 4. The molecule has 3 aromatic rings. The lowest BCUT2D eigenvalue weighted by atomic mass is 9.87. The van der Waals surface area contributed by atoms with Crippen LogP contribution in [0.1, 0.15) is 52.6 Å². The molecule has 0 aliphatic rings. The number of benzene rings is 3. The van der Waals surface area contributed by atoms with Crippen LogP contribution in [0.2, 0.25) is 0 Å². The van der Waals surface area contributed by atoms with Crippen LogP contribution in [-0.2, 0) is 16.8 Å². The summed E-state index contributed by atoms with van der Waals surface area (Å²) >= 11 is 0. The van der Waals surface area contributed by atoms with Crippen LogP contribution in [0.15, 0.2) is 66.7 Å². The van der Waals surface area contributed by atoms with Crippen molar-refractivity contribution >= 4 is 11.8 Å². The van der Waals surface area contributed by atoms with E-state index in [0.29, 0.717) is 29.2 Å². The Kier molecular flexibility index (Phi) is 7.95. The Morgan fingerprint density at radius 1 is 0.794 bits per heavy atom. The fraction of sp³-hybridized carbons (Fsp3) is 0.286. The Morgan fingerprint density at radius 3 is 2.03 bits per heavy atom. The third-order valence-electron chi connectivity index (χ3n) is 5.36. The van der Waals surface area contributed by atoms with Crippen LogP contribution in [0.4, 0.5) is 0 Å². The van der Waals surface area contributed by atoms with E-state index in [1.54, 1.807) is 42.5 Å². The minimum Gasteiger partial charge on any atom is -0.497 e. The van der Waals surface area contributed by atoms with Gasteiger partial charge in [-0.05, 0) is 52.9 Å². The largest absolute Gasteiger partial charge is 0.497 e. The highest BCUT2D eigenvalue weighted by atomic mass is 16.5. The summed E-state index contributed by atoms with van der Waals surface area (Å²) in [6, 6.07) is 19.8. The lowest BCUT2D eigenvalue weighted by Crippen LogP contribution is -2.15. The summed E-state index contributed by atoms with van der Waals surface area (Å²) in [5, 5.41) is 0. The molecule has 178 valence electrons. The van der Waals surface area contributed by atoms with E-state index in [1.807, 2.05) is 12.1 Å². The molecule has 0 amide bonds. The number of hydrogen-bond acceptors (Lipinski definition) is 6. The highest BCUT2D eigenvalue weighted by molar-refractivity contribution is 6.01. The van der Waals surface area contributed by atoms with Crippen LogP contribution < -0.4 is 14.2 Å². The third-order valence-corrected chi connectivity index (χ3v) is 5.36. The zero-order valence-corrected chi connectivity index (χ0v) is 20.2. The summed E-state index contributed by atoms with van der Waals surface area (Å²) in [4.78, 5) is 24.9. The molecule has 0 bridgehead atoms. The average molecular weight is 463 g/mol. The molecule has 0 aromatic heterocycles. The molecule has 0 aliphatic carbocycles. The maximum Gasteiger partial charge on any atom is 0.338 e. The minimum atomic E-state index is -0.578. The zero-order valence-electron chi connectivity index (χ0n) is 20.2. The molecule has 3 aromatic carbocycles. The standard InChI is InChI=1S/C28H30O6/c1-28(2,3)21-10-12-22(13-11-21)33-17-19-6-8-20(9-7-19)27(30)34-18-25(29)24-15-14-23(31-4)16-26(24)32-5/h6-16H,17-18H2,1-5H3. The van der Waals surface area contributed by atoms with Gasteiger partial charge in [-0.3, -0.25) is 4.79 Å². The molecule has 0 saturated carbocycles. The second-order valence-corrected chi connectivity index (χ2v) is 8.83. The monoisotopic (exact) mass is 462 g/mol. The van der Waals surface area contributed by atoms with Crippen LogP contribution >= 0.6 is 0 Å². The van der Waals surface area contributed by atoms with Crippen molar-refractivity contribution in [3.05, 3.63) is 89.0 Å². The summed E-state index contributed by atoms with van der Waals surface area (Å²) in [6.07, 6.45) is 0. The molecular weight excluding hydrogens is 432 g/mol. The number of methoxy groups -OCH3 is 2. The number of hydrogen-bond donors (Lipinski definition) is 0. The third kappa shape index (κ3) is 6.38. The molecule has 0 spiro atoms. The highest BCUT2D eigenvalue weighted by Crippen LogP contribution is 2.26. The molecule has 0 unspecified atom stereocenters. The van der Waals surface area contributed by atoms with Crippen molar-refractivity contribution < 1.29 is 28.5 Å². The van der Waals surface area contributed by atoms with Crippen molar-refractivity contribution in [2.75, 3.05) is 20.8 Å². The normalized spacial score (nSPS) is 11.0. The van der Waals surface area contributed by atoms with Gasteiger partial charge in [-0.1, -0.05) is 45.0 Å². The van der Waals surface area contributed by atoms with E-state index in [1.165, 1.54) is 19.8 Å². The van der Waals surface area contributed by atoms with Crippen molar-refractivity contribution in [1.82, 2.24) is 0 Å². The van der Waals surface area contributed by atoms with Crippen molar-refractivity contribution in [3.8, 4) is 17.2 Å². The molecule has 0 atom stereocenters. The van der Waals surface area contributed by atoms with Gasteiger partial charge in [-0.15, -0.1) is 0 Å². The van der Waals surface area contributed by atoms with E-state index in [9.17, 15) is 9.59 Å². The van der Waals surface area contributed by atoms with Gasteiger partial charge in [0.05, 0.1) is 25.3 Å². The van der Waals surface area contributed by atoms with Crippen LogP contribution in [0.5, 0.6) is 17.2 Å². The van der Waals surface area contributed by atoms with Gasteiger partial charge in [0.15, 0.2) is 6.61 Å². The zero-order chi connectivity index (χ0) is 24.7. The van der Waals surface area contributed by atoms with Gasteiger partial charge in [0.25, 0.3) is 0 Å². The molecule has 0 fully saturated rings. The smallest absolute Gasteiger partial charge is 0.338 e. The SMILES string of the molecule is COc1ccc(C(=O)COC(=O)c2ccc(COc3ccc(C(C)(C)C)cc3)cc2)c(OC)c1. The number of ketones is 1. The first-order valence-corrected chi connectivity index (χ1v) is 11.0. The van der Waals surface area contributed by atoms with E-state index in [0.717, 1.165) is 11.3 Å². The van der Waals surface area contributed by atoms with Crippen molar-refractivity contribution in [2.45, 2.75) is 32.8 Å². The maximum absolute atomic E-state index is 12.5. The average Bonchev–Trinajstić information content (AvgIpc) is 2.85. The molecule has 6 heteroatoms. The van der Waals surface area contributed by atoms with E-state index < -0.39 is 12.6 Å². The topological polar surface area (TPSA) is 71.1 Å². The summed E-state index contributed by atoms with van der Waals surface area (Å²) in [6.45, 7) is 6.49. The number of carbonyl (C=O) groups excluding carboxylic acids is 2. The van der Waals surface area contributed by atoms with Crippen molar-refractivity contribution in [2.24, 2.45) is 0 Å². The Hall–Kier alpha value is -3.80. The Balaban J connectivity index is 1.53. The first-order valence-electron chi connectivity index (χ1n) is 11.0. The van der Waals surface area contributed by atoms with Crippen LogP contribution in [0.25, 0.3) is 0 Å². The Bertz CT molecular complexity index is 1130. The van der Waals surface area contributed by atoms with Gasteiger partial charge in [-0.25, -0.2) is 4.79 Å². The first kappa shape index (κ1) is 24.8. The van der Waals surface area contributed by atoms with Crippen LogP contribution in [0, 0.1) is 0 Å². The quantitative estimate of drug-likeness (QED) is 0.304. The number of carbonyl (C=O) groups is 2. The summed E-state index contributed by atoms with van der Waals surface area (Å²) in [5.41, 5.74) is 2.92. The molecule has 0 radical (unpaired) electrons. The minimum absolute atomic E-state index is 0.0916. The van der Waals surface area contributed by atoms with Gasteiger partial charge < -0.3 is 18.9 Å². The molecule has 0 saturated heterocycles. The lowest BCUT2D eigenvalue weighted by molar-refractivity contribution is 0.0474. The molecule has 0 aliphatic heterocycles. The predicted molar refractivity (Wildman–Crippen MR) is 130 cm³/mol. The Labute approximate surface area is 200 Å². The first-order chi connectivity index (χ1) is 16.2. The number of esters is 1. The molecular formula is C28H30O6. The van der Waals surface area contributed by atoms with Gasteiger partial charge in [0.1, 0.15) is 23.9 Å². The van der Waals surface area contributed by atoms with E-state index >= 15 is 0 Å². The molecule has 6 nitrogen and oxygen atoms in total. The number of rotatable bonds is 9. The van der Waals surface area contributed by atoms with Gasteiger partial charge in [0, 0.05) is 6.07 Å². The Morgan fingerprint density at radius 2 is 1.44 bits per heavy atom. The fourth-order valence-electron chi connectivity index (χ4n) is 3.28. The summed E-state index contributed by atoms with van der Waals surface area (Å²) in [5.74, 6) is 0.763. The predicted octanol–water partition coefficient (Wildman–Crippen LogP) is 5.62. The molecule has 3 rings (SSSR count). The fourth-order valence-corrected chi connectivity index (χ4v) is 3.28. The van der Waals surface area contributed by atoms with E-state index in [-0.39, 0.29) is 11.2 Å². The van der Waals surface area contributed by atoms with Crippen molar-refractivity contribution in [3.63, 3.8) is 0 Å². The second-order valence-electron chi connectivity index (χ2n) is 8.83. The van der Waals surface area contributed by atoms with Gasteiger partial charge in [-0.2, -0.15) is 0 Å². The van der Waals surface area contributed by atoms with Crippen LogP contribution in [0.3, 0.4) is 0 Å². The lowest BCUT2D eigenvalue weighted by Gasteiger charge is -2.19. The van der Waals surface area contributed by atoms with Gasteiger partial charge in [0.2, 0.25) is 5.78 Å². The van der Waals surface area contributed by atoms with Crippen LogP contribution in [-0.4, -0.2) is 32.6 Å². The van der Waals surface area contributed by atoms with E-state index in [4.69, 9.17) is 18.9 Å². The number of Topliss-reactive ketones (excluding diaryl/α,β-unsaturated/α-hetero) is 1. The van der Waals surface area contributed by atoms with Gasteiger partial charge >= 0.3 is 5.97 Å².